The van der Waals surface area contributed by atoms with Crippen molar-refractivity contribution < 1.29 is 4.39 Å². The van der Waals surface area contributed by atoms with Crippen LogP contribution in [0.2, 0.25) is 0 Å². The SMILES string of the molecule is Cc1cc(F)cc(NC2CCC(C)CC2C)c1. The van der Waals surface area contributed by atoms with Crippen molar-refractivity contribution in [3.63, 3.8) is 0 Å². The molecule has 1 aliphatic carbocycles. The molecule has 3 unspecified atom stereocenters. The van der Waals surface area contributed by atoms with Gasteiger partial charge in [-0.15, -0.1) is 0 Å². The van der Waals surface area contributed by atoms with Crippen LogP contribution in [0.4, 0.5) is 10.1 Å². The van der Waals surface area contributed by atoms with Crippen molar-refractivity contribution in [3.8, 4) is 0 Å². The van der Waals surface area contributed by atoms with Gasteiger partial charge in [-0.25, -0.2) is 4.39 Å². The molecule has 1 saturated carbocycles. The molecule has 0 spiro atoms. The number of halogens is 1. The van der Waals surface area contributed by atoms with Crippen molar-refractivity contribution in [2.24, 2.45) is 11.8 Å². The van der Waals surface area contributed by atoms with Gasteiger partial charge in [0.15, 0.2) is 0 Å². The van der Waals surface area contributed by atoms with Crippen LogP contribution in [0.25, 0.3) is 0 Å². The number of benzene rings is 1. The van der Waals surface area contributed by atoms with E-state index in [1.54, 1.807) is 12.1 Å². The van der Waals surface area contributed by atoms with E-state index >= 15 is 0 Å². The Morgan fingerprint density at radius 2 is 1.94 bits per heavy atom. The van der Waals surface area contributed by atoms with E-state index in [4.69, 9.17) is 0 Å². The van der Waals surface area contributed by atoms with Crippen molar-refractivity contribution in [2.45, 2.75) is 46.1 Å². The summed E-state index contributed by atoms with van der Waals surface area (Å²) in [5, 5.41) is 3.49. The molecule has 1 aromatic rings. The van der Waals surface area contributed by atoms with E-state index in [-0.39, 0.29) is 5.82 Å². The van der Waals surface area contributed by atoms with Crippen molar-refractivity contribution >= 4 is 5.69 Å². The van der Waals surface area contributed by atoms with E-state index in [1.165, 1.54) is 19.3 Å². The van der Waals surface area contributed by atoms with Gasteiger partial charge in [0.2, 0.25) is 0 Å². The van der Waals surface area contributed by atoms with Gasteiger partial charge in [-0.05, 0) is 61.8 Å². The molecule has 0 radical (unpaired) electrons. The topological polar surface area (TPSA) is 12.0 Å². The Morgan fingerprint density at radius 1 is 1.18 bits per heavy atom. The fraction of sp³-hybridized carbons (Fsp3) is 0.600. The van der Waals surface area contributed by atoms with Gasteiger partial charge < -0.3 is 5.32 Å². The first-order valence-electron chi connectivity index (χ1n) is 6.58. The molecule has 1 aromatic carbocycles. The lowest BCUT2D eigenvalue weighted by molar-refractivity contribution is 0.276. The number of rotatable bonds is 2. The molecule has 0 aliphatic heterocycles. The second-order valence-electron chi connectivity index (χ2n) is 5.66. The molecule has 0 aromatic heterocycles. The number of anilines is 1. The Morgan fingerprint density at radius 3 is 2.59 bits per heavy atom. The van der Waals surface area contributed by atoms with Crippen LogP contribution >= 0.6 is 0 Å². The number of nitrogens with one attached hydrogen (secondary N) is 1. The summed E-state index contributed by atoms with van der Waals surface area (Å²) in [5.74, 6) is 1.35. The Labute approximate surface area is 103 Å². The average Bonchev–Trinajstić information content (AvgIpc) is 2.21. The smallest absolute Gasteiger partial charge is 0.125 e. The molecule has 1 nitrogen and oxygen atoms in total. The van der Waals surface area contributed by atoms with Crippen molar-refractivity contribution in [1.82, 2.24) is 0 Å². The lowest BCUT2D eigenvalue weighted by Gasteiger charge is -2.33. The van der Waals surface area contributed by atoms with Crippen LogP contribution in [0.5, 0.6) is 0 Å². The van der Waals surface area contributed by atoms with Gasteiger partial charge in [-0.3, -0.25) is 0 Å². The molecule has 1 fully saturated rings. The van der Waals surface area contributed by atoms with Crippen LogP contribution in [0, 0.1) is 24.6 Å². The summed E-state index contributed by atoms with van der Waals surface area (Å²) in [6.07, 6.45) is 3.74. The van der Waals surface area contributed by atoms with E-state index in [1.807, 2.05) is 13.0 Å². The molecular formula is C15H22FN. The highest BCUT2D eigenvalue weighted by atomic mass is 19.1. The Balaban J connectivity index is 2.05. The Kier molecular flexibility index (Phi) is 3.70. The first-order valence-corrected chi connectivity index (χ1v) is 6.58. The zero-order chi connectivity index (χ0) is 12.4. The van der Waals surface area contributed by atoms with Crippen LogP contribution in [-0.2, 0) is 0 Å². The molecular weight excluding hydrogens is 213 g/mol. The molecule has 2 rings (SSSR count). The van der Waals surface area contributed by atoms with Crippen LogP contribution in [0.15, 0.2) is 18.2 Å². The van der Waals surface area contributed by atoms with E-state index in [9.17, 15) is 4.39 Å². The minimum atomic E-state index is -0.149. The zero-order valence-corrected chi connectivity index (χ0v) is 11.0. The molecule has 2 heteroatoms. The highest BCUT2D eigenvalue weighted by molar-refractivity contribution is 5.47. The minimum absolute atomic E-state index is 0.149. The lowest BCUT2D eigenvalue weighted by Crippen LogP contribution is -2.33. The summed E-state index contributed by atoms with van der Waals surface area (Å²) in [6.45, 7) is 6.54. The summed E-state index contributed by atoms with van der Waals surface area (Å²) in [6, 6.07) is 5.68. The molecule has 0 saturated heterocycles. The van der Waals surface area contributed by atoms with Crippen molar-refractivity contribution in [2.75, 3.05) is 5.32 Å². The summed E-state index contributed by atoms with van der Waals surface area (Å²) < 4.78 is 13.3. The van der Waals surface area contributed by atoms with E-state index < -0.39 is 0 Å². The fourth-order valence-corrected chi connectivity index (χ4v) is 2.91. The largest absolute Gasteiger partial charge is 0.382 e. The predicted molar refractivity (Wildman–Crippen MR) is 70.7 cm³/mol. The molecule has 0 amide bonds. The van der Waals surface area contributed by atoms with E-state index in [0.717, 1.165) is 17.2 Å². The maximum atomic E-state index is 13.3. The predicted octanol–water partition coefficient (Wildman–Crippen LogP) is 4.37. The fourth-order valence-electron chi connectivity index (χ4n) is 2.91. The van der Waals surface area contributed by atoms with Gasteiger partial charge >= 0.3 is 0 Å². The Hall–Kier alpha value is -1.05. The average molecular weight is 235 g/mol. The quantitative estimate of drug-likeness (QED) is 0.802. The zero-order valence-electron chi connectivity index (χ0n) is 11.0. The monoisotopic (exact) mass is 235 g/mol. The highest BCUT2D eigenvalue weighted by Gasteiger charge is 2.25. The van der Waals surface area contributed by atoms with Gasteiger partial charge in [0, 0.05) is 11.7 Å². The van der Waals surface area contributed by atoms with Gasteiger partial charge in [0.25, 0.3) is 0 Å². The molecule has 0 bridgehead atoms. The van der Waals surface area contributed by atoms with E-state index in [2.05, 4.69) is 19.2 Å². The van der Waals surface area contributed by atoms with Gasteiger partial charge in [0.1, 0.15) is 5.82 Å². The first-order chi connectivity index (χ1) is 8.04. The third-order valence-electron chi connectivity index (χ3n) is 3.83. The minimum Gasteiger partial charge on any atom is -0.382 e. The molecule has 1 N–H and O–H groups in total. The van der Waals surface area contributed by atoms with Crippen molar-refractivity contribution in [3.05, 3.63) is 29.6 Å². The Bertz CT molecular complexity index is 368. The summed E-state index contributed by atoms with van der Waals surface area (Å²) in [4.78, 5) is 0. The van der Waals surface area contributed by atoms with Crippen molar-refractivity contribution in [1.29, 1.82) is 0 Å². The maximum absolute atomic E-state index is 13.3. The molecule has 3 atom stereocenters. The summed E-state index contributed by atoms with van der Waals surface area (Å²) in [5.41, 5.74) is 1.90. The van der Waals surface area contributed by atoms with Crippen LogP contribution in [0.3, 0.4) is 0 Å². The highest BCUT2D eigenvalue weighted by Crippen LogP contribution is 2.31. The summed E-state index contributed by atoms with van der Waals surface area (Å²) in [7, 11) is 0. The second kappa shape index (κ2) is 5.07. The van der Waals surface area contributed by atoms with Gasteiger partial charge in [-0.1, -0.05) is 13.8 Å². The van der Waals surface area contributed by atoms with Gasteiger partial charge in [0.05, 0.1) is 0 Å². The third kappa shape index (κ3) is 3.21. The molecule has 1 aliphatic rings. The molecule has 94 valence electrons. The second-order valence-corrected chi connectivity index (χ2v) is 5.66. The van der Waals surface area contributed by atoms with Crippen LogP contribution in [0.1, 0.15) is 38.7 Å². The van der Waals surface area contributed by atoms with Crippen LogP contribution < -0.4 is 5.32 Å². The maximum Gasteiger partial charge on any atom is 0.125 e. The first kappa shape index (κ1) is 12.4. The number of aryl methyl sites for hydroxylation is 1. The molecule has 17 heavy (non-hydrogen) atoms. The van der Waals surface area contributed by atoms with Crippen LogP contribution in [-0.4, -0.2) is 6.04 Å². The number of hydrogen-bond donors (Lipinski definition) is 1. The van der Waals surface area contributed by atoms with Gasteiger partial charge in [-0.2, -0.15) is 0 Å². The standard InChI is InChI=1S/C15H22FN/c1-10-4-5-15(12(3)6-10)17-14-8-11(2)7-13(16)9-14/h7-10,12,15,17H,4-6H2,1-3H3. The summed E-state index contributed by atoms with van der Waals surface area (Å²) >= 11 is 0. The third-order valence-corrected chi connectivity index (χ3v) is 3.83. The lowest BCUT2D eigenvalue weighted by atomic mass is 9.80. The number of hydrogen-bond acceptors (Lipinski definition) is 1. The normalized spacial score (nSPS) is 29.1. The van der Waals surface area contributed by atoms with E-state index in [0.29, 0.717) is 12.0 Å². The molecule has 0 heterocycles.